The van der Waals surface area contributed by atoms with E-state index in [2.05, 4.69) is 15.5 Å². The summed E-state index contributed by atoms with van der Waals surface area (Å²) in [7, 11) is 3.31. The van der Waals surface area contributed by atoms with Gasteiger partial charge in [0.15, 0.2) is 0 Å². The van der Waals surface area contributed by atoms with Crippen LogP contribution in [0.4, 0.5) is 0 Å². The molecule has 25 heavy (non-hydrogen) atoms. The molecule has 3 rings (SSSR count). The van der Waals surface area contributed by atoms with Gasteiger partial charge in [-0.25, -0.2) is 4.68 Å². The minimum absolute atomic E-state index is 0.698. The molecule has 2 aromatic heterocycles. The van der Waals surface area contributed by atoms with Crippen LogP contribution < -0.4 is 14.3 Å². The summed E-state index contributed by atoms with van der Waals surface area (Å²) in [4.78, 5) is 5.39. The summed E-state index contributed by atoms with van der Waals surface area (Å²) in [5.41, 5.74) is 2.90. The molecule has 0 unspecified atom stereocenters. The zero-order chi connectivity index (χ0) is 17.6. The molecular formula is C18H19N3O2S2. The fourth-order valence-corrected chi connectivity index (χ4v) is 3.83. The average Bonchev–Trinajstić information content (AvgIpc) is 3.29. The lowest BCUT2D eigenvalue weighted by Crippen LogP contribution is -2.12. The molecule has 0 bridgehead atoms. The maximum atomic E-state index is 5.53. The molecule has 0 fully saturated rings. The van der Waals surface area contributed by atoms with E-state index in [0.717, 1.165) is 33.1 Å². The van der Waals surface area contributed by atoms with Gasteiger partial charge in [-0.2, -0.15) is 16.4 Å². The highest BCUT2D eigenvalue weighted by Gasteiger charge is 2.13. The highest BCUT2D eigenvalue weighted by molar-refractivity contribution is 7.08. The highest BCUT2D eigenvalue weighted by Crippen LogP contribution is 2.33. The van der Waals surface area contributed by atoms with Crippen LogP contribution in [0.5, 0.6) is 11.5 Å². The number of ether oxygens (including phenoxy) is 2. The first-order valence-corrected chi connectivity index (χ1v) is 9.59. The number of hydrogen-bond acceptors (Lipinski definition) is 6. The Morgan fingerprint density at radius 3 is 2.72 bits per heavy atom. The van der Waals surface area contributed by atoms with E-state index in [1.54, 1.807) is 36.9 Å². The molecule has 0 saturated carbocycles. The maximum absolute atomic E-state index is 5.53. The van der Waals surface area contributed by atoms with Crippen molar-refractivity contribution in [1.29, 1.82) is 0 Å². The van der Waals surface area contributed by atoms with E-state index in [9.17, 15) is 0 Å². The Morgan fingerprint density at radius 1 is 1.16 bits per heavy atom. The molecule has 0 spiro atoms. The second kappa shape index (κ2) is 8.13. The van der Waals surface area contributed by atoms with Crippen LogP contribution in [0.2, 0.25) is 0 Å². The molecule has 3 aromatic rings. The van der Waals surface area contributed by atoms with E-state index in [1.807, 2.05) is 52.8 Å². The predicted octanol–water partition coefficient (Wildman–Crippen LogP) is 4.10. The molecule has 0 aliphatic carbocycles. The molecule has 2 heterocycles. The number of rotatable bonds is 6. The van der Waals surface area contributed by atoms with Crippen LogP contribution in [0.1, 0.15) is 12.5 Å². The molecule has 0 N–H and O–H groups in total. The van der Waals surface area contributed by atoms with Crippen molar-refractivity contribution in [2.45, 2.75) is 6.92 Å². The number of methoxy groups -OCH3 is 2. The maximum Gasteiger partial charge on any atom is 0.206 e. The van der Waals surface area contributed by atoms with Gasteiger partial charge in [-0.15, -0.1) is 11.3 Å². The molecule has 130 valence electrons. The van der Waals surface area contributed by atoms with Crippen LogP contribution in [0.25, 0.3) is 11.3 Å². The van der Waals surface area contributed by atoms with Crippen molar-refractivity contribution in [3.63, 3.8) is 0 Å². The van der Waals surface area contributed by atoms with Crippen LogP contribution >= 0.6 is 22.7 Å². The first-order chi connectivity index (χ1) is 12.3. The first kappa shape index (κ1) is 17.4. The fraction of sp³-hybridized carbons (Fsp3) is 0.222. The Kier molecular flexibility index (Phi) is 5.67. The summed E-state index contributed by atoms with van der Waals surface area (Å²) in [6.07, 6.45) is 1.84. The van der Waals surface area contributed by atoms with Gasteiger partial charge in [0.05, 0.1) is 26.1 Å². The molecule has 5 nitrogen and oxygen atoms in total. The lowest BCUT2D eigenvalue weighted by molar-refractivity contribution is 0.404. The van der Waals surface area contributed by atoms with Gasteiger partial charge in [0.1, 0.15) is 11.5 Å². The zero-order valence-corrected chi connectivity index (χ0v) is 15.9. The van der Waals surface area contributed by atoms with Crippen molar-refractivity contribution < 1.29 is 9.47 Å². The number of hydrogen-bond donors (Lipinski definition) is 0. The molecular weight excluding hydrogens is 354 g/mol. The van der Waals surface area contributed by atoms with Crippen molar-refractivity contribution in [3.8, 4) is 22.8 Å². The minimum Gasteiger partial charge on any atom is -0.497 e. The number of benzene rings is 1. The second-order valence-electron chi connectivity index (χ2n) is 5.06. The third-order valence-electron chi connectivity index (χ3n) is 3.53. The largest absolute Gasteiger partial charge is 0.497 e. The zero-order valence-electron chi connectivity index (χ0n) is 14.3. The number of aromatic nitrogens is 1. The molecule has 0 aliphatic rings. The molecule has 7 heteroatoms. The lowest BCUT2D eigenvalue weighted by atomic mass is 10.1. The summed E-state index contributed by atoms with van der Waals surface area (Å²) in [5, 5.41) is 10.8. The van der Waals surface area contributed by atoms with Crippen molar-refractivity contribution in [2.75, 3.05) is 20.8 Å². The van der Waals surface area contributed by atoms with Gasteiger partial charge < -0.3 is 9.47 Å². The Balaban J connectivity index is 2.15. The summed E-state index contributed by atoms with van der Waals surface area (Å²) in [6.45, 7) is 2.71. The topological polar surface area (TPSA) is 48.1 Å². The van der Waals surface area contributed by atoms with Crippen LogP contribution in [-0.2, 0) is 0 Å². The molecule has 0 radical (unpaired) electrons. The van der Waals surface area contributed by atoms with Crippen molar-refractivity contribution in [1.82, 2.24) is 4.68 Å². The normalized spacial score (nSPS) is 12.0. The standard InChI is InChI=1S/C18H19N3O2S2/c1-4-19-18-21(20-10-13-7-8-24-11-13)16(12-25-18)15-9-14(22-2)5-6-17(15)23-3/h5-12H,4H2,1-3H3. The van der Waals surface area contributed by atoms with Gasteiger partial charge in [-0.3, -0.25) is 4.99 Å². The van der Waals surface area contributed by atoms with Crippen LogP contribution in [0.3, 0.4) is 0 Å². The fourth-order valence-electron chi connectivity index (χ4n) is 2.33. The van der Waals surface area contributed by atoms with Crippen LogP contribution in [-0.4, -0.2) is 31.7 Å². The van der Waals surface area contributed by atoms with E-state index in [4.69, 9.17) is 9.47 Å². The van der Waals surface area contributed by atoms with E-state index in [0.29, 0.717) is 6.54 Å². The van der Waals surface area contributed by atoms with Gasteiger partial charge in [-0.05, 0) is 41.9 Å². The molecule has 0 saturated heterocycles. The van der Waals surface area contributed by atoms with Gasteiger partial charge in [0, 0.05) is 23.1 Å². The molecule has 0 aliphatic heterocycles. The number of nitrogens with zero attached hydrogens (tertiary/aromatic N) is 3. The Bertz CT molecular complexity index is 924. The van der Waals surface area contributed by atoms with Gasteiger partial charge in [0.25, 0.3) is 0 Å². The van der Waals surface area contributed by atoms with Crippen LogP contribution in [0.15, 0.2) is 50.5 Å². The van der Waals surface area contributed by atoms with Crippen molar-refractivity contribution in [2.24, 2.45) is 10.1 Å². The van der Waals surface area contributed by atoms with E-state index < -0.39 is 0 Å². The lowest BCUT2D eigenvalue weighted by Gasteiger charge is -2.11. The smallest absolute Gasteiger partial charge is 0.206 e. The predicted molar refractivity (Wildman–Crippen MR) is 104 cm³/mol. The average molecular weight is 374 g/mol. The summed E-state index contributed by atoms with van der Waals surface area (Å²) in [5.74, 6) is 1.53. The first-order valence-electron chi connectivity index (χ1n) is 7.76. The van der Waals surface area contributed by atoms with E-state index in [1.165, 1.54) is 0 Å². The SMILES string of the molecule is CCN=c1scc(-c2cc(OC)ccc2OC)n1N=Cc1ccsc1. The Morgan fingerprint density at radius 2 is 2.04 bits per heavy atom. The van der Waals surface area contributed by atoms with Crippen LogP contribution in [0, 0.1) is 0 Å². The minimum atomic E-state index is 0.698. The number of thiazole rings is 1. The Hall–Kier alpha value is -2.38. The Labute approximate surface area is 154 Å². The summed E-state index contributed by atoms with van der Waals surface area (Å²) in [6, 6.07) is 7.76. The van der Waals surface area contributed by atoms with Gasteiger partial charge >= 0.3 is 0 Å². The van der Waals surface area contributed by atoms with Crippen molar-refractivity contribution in [3.05, 3.63) is 50.8 Å². The third-order valence-corrected chi connectivity index (χ3v) is 5.08. The molecule has 1 aromatic carbocycles. The van der Waals surface area contributed by atoms with Gasteiger partial charge in [-0.1, -0.05) is 0 Å². The summed E-state index contributed by atoms with van der Waals surface area (Å²) >= 11 is 3.20. The monoisotopic (exact) mass is 373 g/mol. The highest BCUT2D eigenvalue weighted by atomic mass is 32.1. The number of thiophene rings is 1. The van der Waals surface area contributed by atoms with E-state index >= 15 is 0 Å². The van der Waals surface area contributed by atoms with Crippen molar-refractivity contribution >= 4 is 28.9 Å². The third kappa shape index (κ3) is 3.83. The second-order valence-corrected chi connectivity index (χ2v) is 6.67. The quantitative estimate of drug-likeness (QED) is 0.611. The molecule has 0 atom stereocenters. The van der Waals surface area contributed by atoms with Gasteiger partial charge in [0.2, 0.25) is 4.80 Å². The summed E-state index contributed by atoms with van der Waals surface area (Å²) < 4.78 is 12.7. The van der Waals surface area contributed by atoms with E-state index in [-0.39, 0.29) is 0 Å². The molecule has 0 amide bonds.